The van der Waals surface area contributed by atoms with E-state index in [1.165, 1.54) is 11.8 Å². The van der Waals surface area contributed by atoms with E-state index >= 15 is 0 Å². The minimum atomic E-state index is -0.256. The van der Waals surface area contributed by atoms with E-state index < -0.39 is 0 Å². The van der Waals surface area contributed by atoms with Crippen molar-refractivity contribution in [3.63, 3.8) is 0 Å². The topological polar surface area (TPSA) is 69.0 Å². The lowest BCUT2D eigenvalue weighted by molar-refractivity contribution is -0.118. The Hall–Kier alpha value is -2.51. The quantitative estimate of drug-likeness (QED) is 0.562. The maximum Gasteiger partial charge on any atom is 0.230 e. The molecule has 1 heterocycles. The third-order valence-electron chi connectivity index (χ3n) is 4.02. The Balaban J connectivity index is 1.50. The predicted octanol–water partition coefficient (Wildman–Crippen LogP) is 4.02. The summed E-state index contributed by atoms with van der Waals surface area (Å²) in [4.78, 5) is 12.1. The molecule has 3 aromatic rings. The number of halogens is 1. The Labute approximate surface area is 173 Å². The van der Waals surface area contributed by atoms with Gasteiger partial charge in [0.05, 0.1) is 5.75 Å². The fraction of sp³-hybridized carbons (Fsp3) is 0.250. The first kappa shape index (κ1) is 20.2. The lowest BCUT2D eigenvalue weighted by Crippen LogP contribution is -2.24. The summed E-state index contributed by atoms with van der Waals surface area (Å²) in [5.74, 6) is 1.66. The van der Waals surface area contributed by atoms with Crippen LogP contribution in [0, 0.1) is 0 Å². The van der Waals surface area contributed by atoms with Crippen molar-refractivity contribution >= 4 is 29.3 Å². The van der Waals surface area contributed by atoms with Crippen LogP contribution in [0.25, 0.3) is 0 Å². The van der Waals surface area contributed by atoms with Crippen molar-refractivity contribution in [2.24, 2.45) is 7.05 Å². The van der Waals surface area contributed by atoms with Crippen LogP contribution in [0.4, 0.5) is 0 Å². The number of rotatable bonds is 8. The fourth-order valence-corrected chi connectivity index (χ4v) is 3.42. The molecule has 0 aliphatic rings. The average Bonchev–Trinajstić information content (AvgIpc) is 3.07. The Bertz CT molecular complexity index is 916. The number of thioether (sulfide) groups is 1. The van der Waals surface area contributed by atoms with Gasteiger partial charge in [0.2, 0.25) is 5.91 Å². The third kappa shape index (κ3) is 5.50. The van der Waals surface area contributed by atoms with Crippen LogP contribution in [0.15, 0.2) is 59.8 Å². The summed E-state index contributed by atoms with van der Waals surface area (Å²) in [7, 11) is 1.87. The molecule has 146 valence electrons. The second kappa shape index (κ2) is 9.61. The van der Waals surface area contributed by atoms with Crippen molar-refractivity contribution in [1.29, 1.82) is 0 Å². The van der Waals surface area contributed by atoms with Crippen LogP contribution in [0.3, 0.4) is 0 Å². The number of nitrogens with zero attached hydrogens (tertiary/aromatic N) is 3. The SMILES string of the molecule is CC(Oc1ccccc1)c1nnc(SCC(=O)NCc2ccc(Cl)cc2)n1C. The highest BCUT2D eigenvalue weighted by Crippen LogP contribution is 2.23. The molecular formula is C20H21ClN4O2S. The first-order chi connectivity index (χ1) is 13.5. The number of carbonyl (C=O) groups excluding carboxylic acids is 1. The number of hydrogen-bond donors (Lipinski definition) is 1. The minimum absolute atomic E-state index is 0.0712. The van der Waals surface area contributed by atoms with Gasteiger partial charge in [0.1, 0.15) is 5.75 Å². The molecule has 1 N–H and O–H groups in total. The summed E-state index contributed by atoms with van der Waals surface area (Å²) in [6.45, 7) is 2.38. The van der Waals surface area contributed by atoms with Gasteiger partial charge in [0.15, 0.2) is 17.1 Å². The van der Waals surface area contributed by atoms with Crippen molar-refractivity contribution < 1.29 is 9.53 Å². The minimum Gasteiger partial charge on any atom is -0.483 e. The van der Waals surface area contributed by atoms with E-state index in [-0.39, 0.29) is 17.8 Å². The first-order valence-electron chi connectivity index (χ1n) is 8.78. The molecule has 1 unspecified atom stereocenters. The normalized spacial score (nSPS) is 11.8. The standard InChI is InChI=1S/C20H21ClN4O2S/c1-14(27-17-6-4-3-5-7-17)19-23-24-20(25(19)2)28-13-18(26)22-12-15-8-10-16(21)11-9-15/h3-11,14H,12-13H2,1-2H3,(H,22,26). The number of benzene rings is 2. The lowest BCUT2D eigenvalue weighted by Gasteiger charge is -2.14. The van der Waals surface area contributed by atoms with Gasteiger partial charge in [-0.1, -0.05) is 53.7 Å². The maximum absolute atomic E-state index is 12.1. The second-order valence-corrected chi connectivity index (χ2v) is 7.54. The number of para-hydroxylation sites is 1. The van der Waals surface area contributed by atoms with Crippen LogP contribution >= 0.6 is 23.4 Å². The Morgan fingerprint density at radius 1 is 1.18 bits per heavy atom. The highest BCUT2D eigenvalue weighted by atomic mass is 35.5. The van der Waals surface area contributed by atoms with Gasteiger partial charge in [-0.25, -0.2) is 0 Å². The lowest BCUT2D eigenvalue weighted by atomic mass is 10.2. The molecule has 0 bridgehead atoms. The molecular weight excluding hydrogens is 396 g/mol. The van der Waals surface area contributed by atoms with Crippen LogP contribution in [-0.2, 0) is 18.4 Å². The van der Waals surface area contributed by atoms with Crippen molar-refractivity contribution in [3.05, 3.63) is 71.0 Å². The molecule has 0 saturated heterocycles. The molecule has 8 heteroatoms. The largest absolute Gasteiger partial charge is 0.483 e. The van der Waals surface area contributed by atoms with Gasteiger partial charge in [-0.05, 0) is 36.8 Å². The number of carbonyl (C=O) groups is 1. The number of amides is 1. The molecule has 2 aromatic carbocycles. The zero-order chi connectivity index (χ0) is 19.9. The summed E-state index contributed by atoms with van der Waals surface area (Å²) >= 11 is 7.20. The van der Waals surface area contributed by atoms with E-state index in [4.69, 9.17) is 16.3 Å². The van der Waals surface area contributed by atoms with Crippen LogP contribution in [0.2, 0.25) is 5.02 Å². The Morgan fingerprint density at radius 2 is 1.89 bits per heavy atom. The monoisotopic (exact) mass is 416 g/mol. The Kier molecular flexibility index (Phi) is 6.95. The van der Waals surface area contributed by atoms with Crippen molar-refractivity contribution in [2.45, 2.75) is 24.7 Å². The van der Waals surface area contributed by atoms with Gasteiger partial charge in [-0.15, -0.1) is 10.2 Å². The van der Waals surface area contributed by atoms with Gasteiger partial charge < -0.3 is 14.6 Å². The van der Waals surface area contributed by atoms with Gasteiger partial charge in [0.25, 0.3) is 0 Å². The second-order valence-electron chi connectivity index (χ2n) is 6.16. The summed E-state index contributed by atoms with van der Waals surface area (Å²) in [6, 6.07) is 17.0. The summed E-state index contributed by atoms with van der Waals surface area (Å²) in [5, 5.41) is 12.6. The molecule has 0 aliphatic carbocycles. The van der Waals surface area contributed by atoms with E-state index in [1.54, 1.807) is 12.1 Å². The smallest absolute Gasteiger partial charge is 0.230 e. The molecule has 0 fully saturated rings. The van der Waals surface area contributed by atoms with Crippen LogP contribution < -0.4 is 10.1 Å². The average molecular weight is 417 g/mol. The molecule has 1 amide bonds. The van der Waals surface area contributed by atoms with Gasteiger partial charge in [-0.3, -0.25) is 4.79 Å². The molecule has 0 spiro atoms. The van der Waals surface area contributed by atoms with Crippen molar-refractivity contribution in [1.82, 2.24) is 20.1 Å². The summed E-state index contributed by atoms with van der Waals surface area (Å²) in [5.41, 5.74) is 0.996. The highest BCUT2D eigenvalue weighted by Gasteiger charge is 2.18. The molecule has 0 aliphatic heterocycles. The number of nitrogens with one attached hydrogen (secondary N) is 1. The van der Waals surface area contributed by atoms with E-state index in [0.29, 0.717) is 22.5 Å². The predicted molar refractivity (Wildman–Crippen MR) is 111 cm³/mol. The molecule has 1 atom stereocenters. The number of hydrogen-bond acceptors (Lipinski definition) is 5. The van der Waals surface area contributed by atoms with E-state index in [9.17, 15) is 4.79 Å². The molecule has 1 aromatic heterocycles. The summed E-state index contributed by atoms with van der Waals surface area (Å²) in [6.07, 6.45) is -0.256. The van der Waals surface area contributed by atoms with Crippen molar-refractivity contribution in [2.75, 3.05) is 5.75 Å². The third-order valence-corrected chi connectivity index (χ3v) is 5.30. The Morgan fingerprint density at radius 3 is 2.61 bits per heavy atom. The van der Waals surface area contributed by atoms with E-state index in [0.717, 1.165) is 11.3 Å². The first-order valence-corrected chi connectivity index (χ1v) is 10.1. The van der Waals surface area contributed by atoms with E-state index in [1.807, 2.05) is 61.0 Å². The fourth-order valence-electron chi connectivity index (χ4n) is 2.55. The van der Waals surface area contributed by atoms with Gasteiger partial charge >= 0.3 is 0 Å². The number of ether oxygens (including phenoxy) is 1. The molecule has 3 rings (SSSR count). The van der Waals surface area contributed by atoms with Crippen molar-refractivity contribution in [3.8, 4) is 5.75 Å². The molecule has 6 nitrogen and oxygen atoms in total. The maximum atomic E-state index is 12.1. The zero-order valence-corrected chi connectivity index (χ0v) is 17.2. The zero-order valence-electron chi connectivity index (χ0n) is 15.6. The molecule has 0 saturated carbocycles. The van der Waals surface area contributed by atoms with Crippen LogP contribution in [0.1, 0.15) is 24.4 Å². The van der Waals surface area contributed by atoms with Crippen LogP contribution in [0.5, 0.6) is 5.75 Å². The molecule has 0 radical (unpaired) electrons. The number of aromatic nitrogens is 3. The van der Waals surface area contributed by atoms with Gasteiger partial charge in [-0.2, -0.15) is 0 Å². The van der Waals surface area contributed by atoms with E-state index in [2.05, 4.69) is 15.5 Å². The highest BCUT2D eigenvalue weighted by molar-refractivity contribution is 7.99. The summed E-state index contributed by atoms with van der Waals surface area (Å²) < 4.78 is 7.75. The molecule has 28 heavy (non-hydrogen) atoms. The van der Waals surface area contributed by atoms with Gasteiger partial charge in [0, 0.05) is 18.6 Å². The van der Waals surface area contributed by atoms with Crippen LogP contribution in [-0.4, -0.2) is 26.4 Å².